The third-order valence-electron chi connectivity index (χ3n) is 4.15. The van der Waals surface area contributed by atoms with Crippen LogP contribution in [0.2, 0.25) is 0 Å². The fourth-order valence-electron chi connectivity index (χ4n) is 2.92. The smallest absolute Gasteiger partial charge is 0.170 e. The zero-order valence-electron chi connectivity index (χ0n) is 14.8. The molecule has 138 valence electrons. The molecule has 4 heterocycles. The summed E-state index contributed by atoms with van der Waals surface area (Å²) in [4.78, 5) is 16.8. The highest BCUT2D eigenvalue weighted by atomic mass is 19.1. The van der Waals surface area contributed by atoms with E-state index < -0.39 is 11.6 Å². The molecule has 4 aromatic rings. The lowest BCUT2D eigenvalue weighted by Crippen LogP contribution is -2.13. The topological polar surface area (TPSA) is 97.2 Å². The number of nitrogens with one attached hydrogen (secondary N) is 2. The number of pyridine rings is 1. The molecule has 4 aromatic heterocycles. The van der Waals surface area contributed by atoms with Crippen LogP contribution in [0.5, 0.6) is 0 Å². The Labute approximate surface area is 152 Å². The predicted octanol–water partition coefficient (Wildman–Crippen LogP) is 3.19. The Morgan fingerprint density at radius 3 is 2.52 bits per heavy atom. The molecule has 0 saturated carbocycles. The largest absolute Gasteiger partial charge is 0.321 e. The SMILES string of the molecule is Cc1cc(Nc2nc3c(cc2F)nc(C)n3[C@@H](C)c2ncc(F)cn2)n[nH]1. The molecule has 0 aromatic carbocycles. The summed E-state index contributed by atoms with van der Waals surface area (Å²) in [5, 5.41) is 9.67. The van der Waals surface area contributed by atoms with E-state index in [1.807, 2.05) is 13.8 Å². The summed E-state index contributed by atoms with van der Waals surface area (Å²) in [6.45, 7) is 5.47. The number of aromatic nitrogens is 7. The summed E-state index contributed by atoms with van der Waals surface area (Å²) in [5.74, 6) is 0.448. The van der Waals surface area contributed by atoms with E-state index in [2.05, 4.69) is 35.5 Å². The van der Waals surface area contributed by atoms with Crippen LogP contribution in [0, 0.1) is 25.5 Å². The first-order valence-corrected chi connectivity index (χ1v) is 8.24. The van der Waals surface area contributed by atoms with Gasteiger partial charge in [0.25, 0.3) is 0 Å². The third kappa shape index (κ3) is 3.09. The van der Waals surface area contributed by atoms with Gasteiger partial charge in [0.15, 0.2) is 34.7 Å². The fraction of sp³-hybridized carbons (Fsp3) is 0.235. The molecule has 0 aliphatic rings. The van der Waals surface area contributed by atoms with Crippen molar-refractivity contribution >= 4 is 22.8 Å². The standard InChI is InChI=1S/C17H16F2N8/c1-8-4-14(26-25-8)23-16-12(19)5-13-17(24-16)27(10(3)22-13)9(2)15-20-6-11(18)7-21-15/h4-7,9H,1-3H3,(H2,23,24,25,26)/t9-/m0/s1. The second kappa shape index (κ2) is 6.38. The molecule has 2 N–H and O–H groups in total. The van der Waals surface area contributed by atoms with Crippen LogP contribution in [-0.2, 0) is 0 Å². The summed E-state index contributed by atoms with van der Waals surface area (Å²) in [7, 11) is 0. The molecule has 0 amide bonds. The first kappa shape index (κ1) is 17.0. The van der Waals surface area contributed by atoms with Crippen molar-refractivity contribution in [1.82, 2.24) is 34.7 Å². The van der Waals surface area contributed by atoms with Crippen molar-refractivity contribution in [3.63, 3.8) is 0 Å². The van der Waals surface area contributed by atoms with Gasteiger partial charge in [0, 0.05) is 17.8 Å². The Kier molecular flexibility index (Phi) is 4.02. The van der Waals surface area contributed by atoms with E-state index in [4.69, 9.17) is 0 Å². The van der Waals surface area contributed by atoms with Gasteiger partial charge in [-0.3, -0.25) is 5.10 Å². The lowest BCUT2D eigenvalue weighted by Gasteiger charge is -2.14. The molecule has 0 aliphatic carbocycles. The number of imidazole rings is 1. The van der Waals surface area contributed by atoms with Crippen molar-refractivity contribution in [3.8, 4) is 0 Å². The van der Waals surface area contributed by atoms with E-state index in [1.165, 1.54) is 6.07 Å². The summed E-state index contributed by atoms with van der Waals surface area (Å²) in [5.41, 5.74) is 1.70. The van der Waals surface area contributed by atoms with Crippen LogP contribution >= 0.6 is 0 Å². The van der Waals surface area contributed by atoms with Gasteiger partial charge in [-0.25, -0.2) is 28.7 Å². The number of aryl methyl sites for hydroxylation is 2. The fourth-order valence-corrected chi connectivity index (χ4v) is 2.92. The maximum absolute atomic E-state index is 14.4. The number of nitrogens with zero attached hydrogens (tertiary/aromatic N) is 6. The van der Waals surface area contributed by atoms with Gasteiger partial charge in [-0.05, 0) is 20.8 Å². The van der Waals surface area contributed by atoms with Crippen molar-refractivity contribution in [3.05, 3.63) is 53.5 Å². The summed E-state index contributed by atoms with van der Waals surface area (Å²) < 4.78 is 29.3. The van der Waals surface area contributed by atoms with Gasteiger partial charge in [0.05, 0.1) is 18.4 Å². The number of aromatic amines is 1. The van der Waals surface area contributed by atoms with Crippen LogP contribution in [-0.4, -0.2) is 34.7 Å². The highest BCUT2D eigenvalue weighted by Gasteiger charge is 2.20. The van der Waals surface area contributed by atoms with Crippen molar-refractivity contribution in [2.45, 2.75) is 26.8 Å². The Morgan fingerprint density at radius 1 is 1.11 bits per heavy atom. The monoisotopic (exact) mass is 370 g/mol. The van der Waals surface area contributed by atoms with Crippen LogP contribution in [0.15, 0.2) is 24.5 Å². The minimum Gasteiger partial charge on any atom is -0.321 e. The van der Waals surface area contributed by atoms with E-state index in [1.54, 1.807) is 17.6 Å². The van der Waals surface area contributed by atoms with Crippen LogP contribution in [0.3, 0.4) is 0 Å². The molecule has 27 heavy (non-hydrogen) atoms. The number of halogens is 2. The van der Waals surface area contributed by atoms with E-state index in [0.717, 1.165) is 18.1 Å². The molecular formula is C17H16F2N8. The molecule has 10 heteroatoms. The average Bonchev–Trinajstić information content (AvgIpc) is 3.17. The second-order valence-electron chi connectivity index (χ2n) is 6.19. The lowest BCUT2D eigenvalue weighted by atomic mass is 10.3. The summed E-state index contributed by atoms with van der Waals surface area (Å²) in [6.07, 6.45) is 2.21. The minimum absolute atomic E-state index is 0.0300. The molecule has 1 atom stereocenters. The van der Waals surface area contributed by atoms with Crippen molar-refractivity contribution in [2.24, 2.45) is 0 Å². The van der Waals surface area contributed by atoms with Crippen molar-refractivity contribution < 1.29 is 8.78 Å². The number of anilines is 2. The van der Waals surface area contributed by atoms with Gasteiger partial charge in [0.2, 0.25) is 0 Å². The van der Waals surface area contributed by atoms with Crippen LogP contribution in [0.1, 0.15) is 30.3 Å². The Hall–Kier alpha value is -3.43. The molecule has 0 spiro atoms. The number of fused-ring (bicyclic) bond motifs is 1. The minimum atomic E-state index is -0.543. The van der Waals surface area contributed by atoms with Crippen LogP contribution < -0.4 is 5.32 Å². The normalized spacial score (nSPS) is 12.5. The van der Waals surface area contributed by atoms with Gasteiger partial charge in [-0.1, -0.05) is 0 Å². The molecule has 8 nitrogen and oxygen atoms in total. The average molecular weight is 370 g/mol. The predicted molar refractivity (Wildman–Crippen MR) is 94.6 cm³/mol. The molecule has 0 radical (unpaired) electrons. The van der Waals surface area contributed by atoms with Gasteiger partial charge in [-0.15, -0.1) is 0 Å². The summed E-state index contributed by atoms with van der Waals surface area (Å²) >= 11 is 0. The number of H-pyrrole nitrogens is 1. The van der Waals surface area contributed by atoms with Crippen molar-refractivity contribution in [1.29, 1.82) is 0 Å². The van der Waals surface area contributed by atoms with E-state index in [9.17, 15) is 8.78 Å². The molecule has 0 unspecified atom stereocenters. The molecule has 0 fully saturated rings. The molecule has 0 aliphatic heterocycles. The maximum Gasteiger partial charge on any atom is 0.170 e. The molecular weight excluding hydrogens is 354 g/mol. The Morgan fingerprint density at radius 2 is 1.85 bits per heavy atom. The molecule has 0 saturated heterocycles. The third-order valence-corrected chi connectivity index (χ3v) is 4.15. The number of hydrogen-bond donors (Lipinski definition) is 2. The molecule has 0 bridgehead atoms. The first-order chi connectivity index (χ1) is 12.9. The van der Waals surface area contributed by atoms with Gasteiger partial charge in [-0.2, -0.15) is 5.10 Å². The van der Waals surface area contributed by atoms with E-state index in [0.29, 0.717) is 28.6 Å². The van der Waals surface area contributed by atoms with Gasteiger partial charge < -0.3 is 9.88 Å². The lowest BCUT2D eigenvalue weighted by molar-refractivity contribution is 0.568. The van der Waals surface area contributed by atoms with E-state index in [-0.39, 0.29) is 11.9 Å². The quantitative estimate of drug-likeness (QED) is 0.573. The van der Waals surface area contributed by atoms with Gasteiger partial charge in [0.1, 0.15) is 11.3 Å². The Bertz CT molecular complexity index is 1120. The van der Waals surface area contributed by atoms with Gasteiger partial charge >= 0.3 is 0 Å². The zero-order valence-corrected chi connectivity index (χ0v) is 14.8. The summed E-state index contributed by atoms with van der Waals surface area (Å²) in [6, 6.07) is 2.68. The highest BCUT2D eigenvalue weighted by molar-refractivity contribution is 5.75. The van der Waals surface area contributed by atoms with Crippen LogP contribution in [0.25, 0.3) is 11.2 Å². The molecule has 4 rings (SSSR count). The van der Waals surface area contributed by atoms with Crippen molar-refractivity contribution in [2.75, 3.05) is 5.32 Å². The Balaban J connectivity index is 1.79. The van der Waals surface area contributed by atoms with E-state index >= 15 is 0 Å². The number of hydrogen-bond acceptors (Lipinski definition) is 6. The first-order valence-electron chi connectivity index (χ1n) is 8.24. The highest BCUT2D eigenvalue weighted by Crippen LogP contribution is 2.26. The zero-order chi connectivity index (χ0) is 19.1. The van der Waals surface area contributed by atoms with Crippen LogP contribution in [0.4, 0.5) is 20.4 Å². The maximum atomic E-state index is 14.4. The number of rotatable bonds is 4. The second-order valence-corrected chi connectivity index (χ2v) is 6.19.